The molecule has 1 atom stereocenters. The van der Waals surface area contributed by atoms with Crippen LogP contribution in [0.2, 0.25) is 0 Å². The third-order valence-electron chi connectivity index (χ3n) is 5.50. The molecular formula is C21H19N5O5. The molecule has 1 aromatic heterocycles. The van der Waals surface area contributed by atoms with Gasteiger partial charge in [0.25, 0.3) is 11.5 Å². The third kappa shape index (κ3) is 3.07. The van der Waals surface area contributed by atoms with E-state index in [1.54, 1.807) is 49.4 Å². The fourth-order valence-electron chi connectivity index (χ4n) is 3.75. The van der Waals surface area contributed by atoms with E-state index in [9.17, 15) is 14.4 Å². The molecule has 0 saturated carbocycles. The van der Waals surface area contributed by atoms with Gasteiger partial charge in [0.2, 0.25) is 0 Å². The highest BCUT2D eigenvalue weighted by Gasteiger charge is 2.49. The van der Waals surface area contributed by atoms with Gasteiger partial charge in [-0.15, -0.1) is 5.10 Å². The highest BCUT2D eigenvalue weighted by Crippen LogP contribution is 2.36. The Morgan fingerprint density at radius 1 is 1.06 bits per heavy atom. The van der Waals surface area contributed by atoms with Crippen molar-refractivity contribution in [3.8, 4) is 11.5 Å². The van der Waals surface area contributed by atoms with Crippen molar-refractivity contribution in [2.24, 2.45) is 0 Å². The summed E-state index contributed by atoms with van der Waals surface area (Å²) in [5.74, 6) is 0.610. The third-order valence-corrected chi connectivity index (χ3v) is 5.50. The minimum Gasteiger partial charge on any atom is -0.490 e. The van der Waals surface area contributed by atoms with Crippen LogP contribution in [-0.2, 0) is 17.0 Å². The predicted octanol–water partition coefficient (Wildman–Crippen LogP) is 1.38. The zero-order chi connectivity index (χ0) is 21.6. The molecule has 158 valence electrons. The molecule has 2 aliphatic heterocycles. The standard InChI is InChI=1S/C21H19N5O5/c1-21(13-7-8-16-17(11-13)31-10-4-9-30-16)19(28)25(20(29)22-21)12-26-18(27)14-5-2-3-6-15(14)23-24-26/h2-3,5-8,11H,4,9-10,12H2,1H3,(H,22,29)/t21-/m0/s1. The summed E-state index contributed by atoms with van der Waals surface area (Å²) in [6.07, 6.45) is 0.756. The van der Waals surface area contributed by atoms with E-state index in [1.165, 1.54) is 0 Å². The van der Waals surface area contributed by atoms with Gasteiger partial charge in [-0.25, -0.2) is 9.69 Å². The minimum atomic E-state index is -1.32. The van der Waals surface area contributed by atoms with Gasteiger partial charge in [0, 0.05) is 6.42 Å². The number of imide groups is 1. The number of rotatable bonds is 3. The Kier molecular flexibility index (Phi) is 4.35. The van der Waals surface area contributed by atoms with Crippen molar-refractivity contribution in [2.75, 3.05) is 13.2 Å². The Bertz CT molecular complexity index is 1270. The van der Waals surface area contributed by atoms with E-state index < -0.39 is 23.0 Å². The fourth-order valence-corrected chi connectivity index (χ4v) is 3.75. The summed E-state index contributed by atoms with van der Waals surface area (Å²) in [5, 5.41) is 10.9. The quantitative estimate of drug-likeness (QED) is 0.635. The van der Waals surface area contributed by atoms with E-state index in [2.05, 4.69) is 15.6 Å². The number of aromatic nitrogens is 3. The van der Waals surface area contributed by atoms with E-state index in [1.807, 2.05) is 0 Å². The van der Waals surface area contributed by atoms with E-state index >= 15 is 0 Å². The Balaban J connectivity index is 1.46. The van der Waals surface area contributed by atoms with Crippen molar-refractivity contribution < 1.29 is 19.1 Å². The number of ether oxygens (including phenoxy) is 2. The first-order valence-corrected chi connectivity index (χ1v) is 9.84. The van der Waals surface area contributed by atoms with Gasteiger partial charge in [-0.05, 0) is 36.8 Å². The van der Waals surface area contributed by atoms with Gasteiger partial charge in [-0.3, -0.25) is 9.59 Å². The van der Waals surface area contributed by atoms with Crippen molar-refractivity contribution >= 4 is 22.8 Å². The zero-order valence-corrected chi connectivity index (χ0v) is 16.7. The largest absolute Gasteiger partial charge is 0.490 e. The summed E-state index contributed by atoms with van der Waals surface area (Å²) in [4.78, 5) is 39.6. The van der Waals surface area contributed by atoms with Gasteiger partial charge in [0.05, 0.1) is 18.6 Å². The normalized spacial score (nSPS) is 20.6. The molecule has 1 fully saturated rings. The van der Waals surface area contributed by atoms with E-state index in [4.69, 9.17) is 9.47 Å². The average Bonchev–Trinajstić information content (AvgIpc) is 2.94. The number of fused-ring (bicyclic) bond motifs is 2. The van der Waals surface area contributed by atoms with Crippen molar-refractivity contribution in [3.05, 3.63) is 58.4 Å². The number of urea groups is 1. The molecule has 1 saturated heterocycles. The van der Waals surface area contributed by atoms with Gasteiger partial charge < -0.3 is 14.8 Å². The molecule has 0 unspecified atom stereocenters. The van der Waals surface area contributed by atoms with Crippen LogP contribution in [0.5, 0.6) is 11.5 Å². The number of amides is 3. The van der Waals surface area contributed by atoms with Crippen LogP contribution in [-0.4, -0.2) is 45.0 Å². The molecule has 3 aromatic rings. The Hall–Kier alpha value is -3.95. The number of nitrogens with zero attached hydrogens (tertiary/aromatic N) is 4. The average molecular weight is 421 g/mol. The molecule has 2 aromatic carbocycles. The van der Waals surface area contributed by atoms with Crippen LogP contribution in [0.3, 0.4) is 0 Å². The van der Waals surface area contributed by atoms with Gasteiger partial charge in [0.15, 0.2) is 11.5 Å². The molecule has 0 radical (unpaired) electrons. The number of benzene rings is 2. The monoisotopic (exact) mass is 421 g/mol. The number of hydrogen-bond acceptors (Lipinski definition) is 7. The van der Waals surface area contributed by atoms with Crippen molar-refractivity contribution in [1.82, 2.24) is 25.2 Å². The lowest BCUT2D eigenvalue weighted by molar-refractivity contribution is -0.132. The first kappa shape index (κ1) is 19.0. The van der Waals surface area contributed by atoms with Crippen molar-refractivity contribution in [3.63, 3.8) is 0 Å². The lowest BCUT2D eigenvalue weighted by Crippen LogP contribution is -2.42. The van der Waals surface area contributed by atoms with Gasteiger partial charge in [0.1, 0.15) is 17.7 Å². The van der Waals surface area contributed by atoms with Crippen molar-refractivity contribution in [2.45, 2.75) is 25.6 Å². The number of carbonyl (C=O) groups excluding carboxylic acids is 2. The molecule has 0 bridgehead atoms. The van der Waals surface area contributed by atoms with Crippen LogP contribution < -0.4 is 20.3 Å². The van der Waals surface area contributed by atoms with Gasteiger partial charge in [-0.1, -0.05) is 23.4 Å². The molecule has 31 heavy (non-hydrogen) atoms. The maximum Gasteiger partial charge on any atom is 0.326 e. The molecule has 5 rings (SSSR count). The van der Waals surface area contributed by atoms with Gasteiger partial charge in [-0.2, -0.15) is 4.68 Å². The van der Waals surface area contributed by atoms with Crippen LogP contribution in [0.4, 0.5) is 4.79 Å². The summed E-state index contributed by atoms with van der Waals surface area (Å²) in [5.41, 5.74) is -0.765. The second-order valence-corrected chi connectivity index (χ2v) is 7.55. The highest BCUT2D eigenvalue weighted by atomic mass is 16.5. The molecule has 0 spiro atoms. The summed E-state index contributed by atoms with van der Waals surface area (Å²) >= 11 is 0. The number of carbonyl (C=O) groups is 2. The fraction of sp³-hybridized carbons (Fsp3) is 0.286. The first-order valence-electron chi connectivity index (χ1n) is 9.84. The smallest absolute Gasteiger partial charge is 0.326 e. The molecule has 3 amide bonds. The molecule has 10 heteroatoms. The van der Waals surface area contributed by atoms with Crippen LogP contribution in [0, 0.1) is 0 Å². The first-order chi connectivity index (χ1) is 15.0. The Morgan fingerprint density at radius 2 is 1.84 bits per heavy atom. The summed E-state index contributed by atoms with van der Waals surface area (Å²) in [6.45, 7) is 2.32. The summed E-state index contributed by atoms with van der Waals surface area (Å²) < 4.78 is 12.3. The lowest BCUT2D eigenvalue weighted by atomic mass is 9.91. The molecule has 10 nitrogen and oxygen atoms in total. The van der Waals surface area contributed by atoms with Gasteiger partial charge >= 0.3 is 6.03 Å². The summed E-state index contributed by atoms with van der Waals surface area (Å²) in [7, 11) is 0. The number of hydrogen-bond donors (Lipinski definition) is 1. The second kappa shape index (κ2) is 7.08. The van der Waals surface area contributed by atoms with Crippen LogP contribution in [0.15, 0.2) is 47.3 Å². The maximum atomic E-state index is 13.3. The Morgan fingerprint density at radius 3 is 2.68 bits per heavy atom. The van der Waals surface area contributed by atoms with Crippen molar-refractivity contribution in [1.29, 1.82) is 0 Å². The summed E-state index contributed by atoms with van der Waals surface area (Å²) in [6, 6.07) is 11.3. The van der Waals surface area contributed by atoms with Crippen LogP contribution in [0.25, 0.3) is 10.9 Å². The SMILES string of the molecule is C[C@@]1(c2ccc3c(c2)OCCCO3)NC(=O)N(Cn2nnc3ccccc3c2=O)C1=O. The zero-order valence-electron chi connectivity index (χ0n) is 16.7. The molecule has 1 N–H and O–H groups in total. The molecule has 3 heterocycles. The second-order valence-electron chi connectivity index (χ2n) is 7.55. The molecular weight excluding hydrogens is 402 g/mol. The lowest BCUT2D eigenvalue weighted by Gasteiger charge is -2.23. The van der Waals surface area contributed by atoms with E-state index in [0.717, 1.165) is 16.0 Å². The number of nitrogens with one attached hydrogen (secondary N) is 1. The predicted molar refractivity (Wildman–Crippen MR) is 109 cm³/mol. The molecule has 2 aliphatic rings. The van der Waals surface area contributed by atoms with Crippen LogP contribution >= 0.6 is 0 Å². The highest BCUT2D eigenvalue weighted by molar-refractivity contribution is 6.07. The van der Waals surface area contributed by atoms with E-state index in [-0.39, 0.29) is 6.67 Å². The topological polar surface area (TPSA) is 116 Å². The maximum absolute atomic E-state index is 13.3. The molecule has 0 aliphatic carbocycles. The minimum absolute atomic E-state index is 0.346. The van der Waals surface area contributed by atoms with Crippen LogP contribution in [0.1, 0.15) is 18.9 Å². The van der Waals surface area contributed by atoms with E-state index in [0.29, 0.717) is 41.2 Å². The Labute approximate surface area is 176 Å².